The number of unbranched alkanes of at least 4 members (excludes halogenated alkanes) is 13. The standard InChI is InChI=1S/C29H56N2O4/c1-3-5-6-7-8-9-10-11-12-13-14-15-16-20-28(33)30-26(25-32)19-17-18-21-29(34)31-23-22-27(24-31)35-4-2/h26-27,32H,3-25H2,1-2H3,(H,30,33)/t26?,27-/m0/s1. The first kappa shape index (κ1) is 31.9. The lowest BCUT2D eigenvalue weighted by Crippen LogP contribution is -2.37. The van der Waals surface area contributed by atoms with Gasteiger partial charge in [-0.2, -0.15) is 0 Å². The summed E-state index contributed by atoms with van der Waals surface area (Å²) in [7, 11) is 0. The maximum atomic E-state index is 12.3. The second kappa shape index (κ2) is 22.1. The topological polar surface area (TPSA) is 78.9 Å². The third kappa shape index (κ3) is 17.0. The van der Waals surface area contributed by atoms with E-state index in [0.717, 1.165) is 45.1 Å². The maximum Gasteiger partial charge on any atom is 0.222 e. The van der Waals surface area contributed by atoms with E-state index in [4.69, 9.17) is 4.74 Å². The molecule has 0 spiro atoms. The third-order valence-electron chi connectivity index (χ3n) is 7.19. The first-order chi connectivity index (χ1) is 17.1. The van der Waals surface area contributed by atoms with Crippen LogP contribution < -0.4 is 5.32 Å². The van der Waals surface area contributed by atoms with Gasteiger partial charge in [0.05, 0.1) is 18.8 Å². The largest absolute Gasteiger partial charge is 0.394 e. The Balaban J connectivity index is 1.95. The first-order valence-corrected chi connectivity index (χ1v) is 14.9. The predicted molar refractivity (Wildman–Crippen MR) is 144 cm³/mol. The summed E-state index contributed by atoms with van der Waals surface area (Å²) in [6.45, 7) is 6.40. The Bertz CT molecular complexity index is 529. The molecule has 1 rings (SSSR count). The van der Waals surface area contributed by atoms with Crippen molar-refractivity contribution in [3.63, 3.8) is 0 Å². The first-order valence-electron chi connectivity index (χ1n) is 14.9. The van der Waals surface area contributed by atoms with Gasteiger partial charge < -0.3 is 20.1 Å². The summed E-state index contributed by atoms with van der Waals surface area (Å²) in [5.41, 5.74) is 0. The number of carbonyl (C=O) groups is 2. The summed E-state index contributed by atoms with van der Waals surface area (Å²) >= 11 is 0. The van der Waals surface area contributed by atoms with Crippen LogP contribution in [0.2, 0.25) is 0 Å². The average molecular weight is 497 g/mol. The number of aliphatic hydroxyl groups excluding tert-OH is 1. The molecule has 0 aromatic rings. The second-order valence-electron chi connectivity index (χ2n) is 10.4. The van der Waals surface area contributed by atoms with Crippen molar-refractivity contribution in [2.45, 2.75) is 148 Å². The molecule has 0 aliphatic carbocycles. The van der Waals surface area contributed by atoms with Gasteiger partial charge in [0.1, 0.15) is 0 Å². The Kier molecular flexibility index (Phi) is 20.1. The van der Waals surface area contributed by atoms with Crippen LogP contribution in [0.5, 0.6) is 0 Å². The molecule has 1 saturated heterocycles. The fraction of sp³-hybridized carbons (Fsp3) is 0.931. The molecule has 6 nitrogen and oxygen atoms in total. The molecule has 0 bridgehead atoms. The van der Waals surface area contributed by atoms with Gasteiger partial charge in [0.25, 0.3) is 0 Å². The van der Waals surface area contributed by atoms with E-state index in [0.29, 0.717) is 26.0 Å². The van der Waals surface area contributed by atoms with Crippen molar-refractivity contribution in [3.05, 3.63) is 0 Å². The normalized spacial score (nSPS) is 16.5. The van der Waals surface area contributed by atoms with Crippen molar-refractivity contribution >= 4 is 11.8 Å². The number of rotatable bonds is 23. The lowest BCUT2D eigenvalue weighted by atomic mass is 10.0. The molecule has 0 saturated carbocycles. The van der Waals surface area contributed by atoms with E-state index in [-0.39, 0.29) is 30.6 Å². The highest BCUT2D eigenvalue weighted by Crippen LogP contribution is 2.16. The summed E-state index contributed by atoms with van der Waals surface area (Å²) in [5.74, 6) is 0.237. The van der Waals surface area contributed by atoms with Gasteiger partial charge in [0.2, 0.25) is 11.8 Å². The van der Waals surface area contributed by atoms with Crippen LogP contribution in [0, 0.1) is 0 Å². The Morgan fingerprint density at radius 2 is 1.43 bits per heavy atom. The van der Waals surface area contributed by atoms with E-state index in [9.17, 15) is 14.7 Å². The quantitative estimate of drug-likeness (QED) is 0.166. The summed E-state index contributed by atoms with van der Waals surface area (Å²) < 4.78 is 5.61. The Morgan fingerprint density at radius 1 is 0.857 bits per heavy atom. The van der Waals surface area contributed by atoms with E-state index in [1.807, 2.05) is 11.8 Å². The minimum Gasteiger partial charge on any atom is -0.394 e. The molecule has 6 heteroatoms. The van der Waals surface area contributed by atoms with Crippen molar-refractivity contribution in [1.82, 2.24) is 10.2 Å². The summed E-state index contributed by atoms with van der Waals surface area (Å²) in [6, 6.07) is -0.200. The summed E-state index contributed by atoms with van der Waals surface area (Å²) in [4.78, 5) is 26.5. The van der Waals surface area contributed by atoms with Crippen LogP contribution in [0.15, 0.2) is 0 Å². The molecular weight excluding hydrogens is 440 g/mol. The molecule has 0 aromatic carbocycles. The van der Waals surface area contributed by atoms with Crippen molar-refractivity contribution in [1.29, 1.82) is 0 Å². The van der Waals surface area contributed by atoms with E-state index >= 15 is 0 Å². The van der Waals surface area contributed by atoms with E-state index in [1.54, 1.807) is 0 Å². The molecule has 1 fully saturated rings. The zero-order chi connectivity index (χ0) is 25.6. The zero-order valence-electron chi connectivity index (χ0n) is 23.0. The molecule has 2 amide bonds. The molecule has 1 heterocycles. The summed E-state index contributed by atoms with van der Waals surface area (Å²) in [6.07, 6.45) is 21.4. The maximum absolute atomic E-state index is 12.3. The fourth-order valence-corrected chi connectivity index (χ4v) is 4.96. The Hall–Kier alpha value is -1.14. The predicted octanol–water partition coefficient (Wildman–Crippen LogP) is 6.14. The minimum absolute atomic E-state index is 0.0412. The van der Waals surface area contributed by atoms with Gasteiger partial charge >= 0.3 is 0 Å². The molecule has 206 valence electrons. The van der Waals surface area contributed by atoms with Crippen LogP contribution >= 0.6 is 0 Å². The van der Waals surface area contributed by atoms with Crippen molar-refractivity contribution < 1.29 is 19.4 Å². The molecule has 1 aliphatic heterocycles. The molecule has 2 atom stereocenters. The molecule has 1 unspecified atom stereocenters. The Morgan fingerprint density at radius 3 is 2.00 bits per heavy atom. The SMILES string of the molecule is CCCCCCCCCCCCCCCC(=O)NC(CO)CCCCC(=O)N1CC[C@H](OCC)C1. The van der Waals surface area contributed by atoms with Crippen LogP contribution in [0.4, 0.5) is 0 Å². The molecule has 0 aromatic heterocycles. The molecule has 2 N–H and O–H groups in total. The number of carbonyl (C=O) groups excluding carboxylic acids is 2. The molecule has 0 radical (unpaired) electrons. The highest BCUT2D eigenvalue weighted by atomic mass is 16.5. The number of aliphatic hydroxyl groups is 1. The highest BCUT2D eigenvalue weighted by molar-refractivity contribution is 5.76. The lowest BCUT2D eigenvalue weighted by Gasteiger charge is -2.18. The van der Waals surface area contributed by atoms with E-state index in [1.165, 1.54) is 70.6 Å². The van der Waals surface area contributed by atoms with Gasteiger partial charge in [0, 0.05) is 32.5 Å². The van der Waals surface area contributed by atoms with Crippen LogP contribution in [0.1, 0.15) is 136 Å². The number of hydrogen-bond acceptors (Lipinski definition) is 4. The van der Waals surface area contributed by atoms with Crippen molar-refractivity contribution in [2.24, 2.45) is 0 Å². The van der Waals surface area contributed by atoms with Crippen LogP contribution in [0.25, 0.3) is 0 Å². The third-order valence-corrected chi connectivity index (χ3v) is 7.19. The van der Waals surface area contributed by atoms with Gasteiger partial charge in [-0.1, -0.05) is 90.4 Å². The molecular formula is C29H56N2O4. The van der Waals surface area contributed by atoms with Gasteiger partial charge in [-0.05, 0) is 32.6 Å². The zero-order valence-corrected chi connectivity index (χ0v) is 23.0. The fourth-order valence-electron chi connectivity index (χ4n) is 4.96. The van der Waals surface area contributed by atoms with Gasteiger partial charge in [-0.3, -0.25) is 9.59 Å². The van der Waals surface area contributed by atoms with E-state index < -0.39 is 0 Å². The second-order valence-corrected chi connectivity index (χ2v) is 10.4. The number of likely N-dealkylation sites (tertiary alicyclic amines) is 1. The van der Waals surface area contributed by atoms with Crippen molar-refractivity contribution in [3.8, 4) is 0 Å². The van der Waals surface area contributed by atoms with Crippen LogP contribution in [-0.4, -0.2) is 60.3 Å². The van der Waals surface area contributed by atoms with Crippen molar-refractivity contribution in [2.75, 3.05) is 26.3 Å². The molecule has 35 heavy (non-hydrogen) atoms. The van der Waals surface area contributed by atoms with Gasteiger partial charge in [0.15, 0.2) is 0 Å². The minimum atomic E-state index is -0.200. The number of hydrogen-bond donors (Lipinski definition) is 2. The number of amides is 2. The monoisotopic (exact) mass is 496 g/mol. The van der Waals surface area contributed by atoms with Crippen LogP contribution in [0.3, 0.4) is 0 Å². The van der Waals surface area contributed by atoms with Crippen LogP contribution in [-0.2, 0) is 14.3 Å². The Labute approximate surface area is 215 Å². The lowest BCUT2D eigenvalue weighted by molar-refractivity contribution is -0.130. The van der Waals surface area contributed by atoms with E-state index in [2.05, 4.69) is 12.2 Å². The smallest absolute Gasteiger partial charge is 0.222 e. The van der Waals surface area contributed by atoms with Gasteiger partial charge in [-0.25, -0.2) is 0 Å². The average Bonchev–Trinajstić information content (AvgIpc) is 3.32. The molecule has 1 aliphatic rings. The highest BCUT2D eigenvalue weighted by Gasteiger charge is 2.25. The summed E-state index contributed by atoms with van der Waals surface area (Å²) in [5, 5.41) is 12.6. The number of nitrogens with zero attached hydrogens (tertiary/aromatic N) is 1. The number of nitrogens with one attached hydrogen (secondary N) is 1. The number of ether oxygens (including phenoxy) is 1. The van der Waals surface area contributed by atoms with Gasteiger partial charge in [-0.15, -0.1) is 0 Å².